The Morgan fingerprint density at radius 1 is 1.50 bits per heavy atom. The maximum Gasteiger partial charge on any atom is 0.310 e. The Labute approximate surface area is 71.0 Å². The lowest BCUT2D eigenvalue weighted by atomic mass is 9.93. The Bertz CT molecular complexity index is 185. The number of carbonyl (C=O) groups is 2. The number of rotatable bonds is 3. The van der Waals surface area contributed by atoms with Gasteiger partial charge in [0.1, 0.15) is 12.2 Å². The van der Waals surface area contributed by atoms with Crippen molar-refractivity contribution in [3.63, 3.8) is 0 Å². The first-order valence-corrected chi connectivity index (χ1v) is 4.15. The first-order chi connectivity index (χ1) is 5.70. The molecule has 0 aromatic rings. The van der Waals surface area contributed by atoms with Gasteiger partial charge in [0.15, 0.2) is 0 Å². The summed E-state index contributed by atoms with van der Waals surface area (Å²) >= 11 is 0. The van der Waals surface area contributed by atoms with Crippen LogP contribution >= 0.6 is 0 Å². The third-order valence-electron chi connectivity index (χ3n) is 2.08. The third kappa shape index (κ3) is 2.62. The Morgan fingerprint density at radius 3 is 2.75 bits per heavy atom. The van der Waals surface area contributed by atoms with E-state index in [0.29, 0.717) is 6.54 Å². The molecule has 0 spiro atoms. The van der Waals surface area contributed by atoms with E-state index in [1.54, 1.807) is 0 Å². The molecule has 1 atom stereocenters. The van der Waals surface area contributed by atoms with Crippen molar-refractivity contribution >= 4 is 11.8 Å². The van der Waals surface area contributed by atoms with Gasteiger partial charge in [0.2, 0.25) is 0 Å². The van der Waals surface area contributed by atoms with E-state index in [1.165, 1.54) is 0 Å². The molecule has 0 amide bonds. The van der Waals surface area contributed by atoms with Crippen LogP contribution in [0, 0.1) is 5.92 Å². The van der Waals surface area contributed by atoms with Gasteiger partial charge in [0.25, 0.3) is 0 Å². The van der Waals surface area contributed by atoms with Gasteiger partial charge in [-0.2, -0.15) is 0 Å². The second-order valence-electron chi connectivity index (χ2n) is 3.08. The molecule has 0 aromatic carbocycles. The SMILES string of the molecule is O=C(O)CC(=O)C1CCCNC1. The fraction of sp³-hybridized carbons (Fsp3) is 0.750. The normalized spacial score (nSPS) is 23.5. The van der Waals surface area contributed by atoms with Gasteiger partial charge in [0, 0.05) is 12.5 Å². The minimum absolute atomic E-state index is 0.0742. The minimum Gasteiger partial charge on any atom is -0.481 e. The highest BCUT2D eigenvalue weighted by Crippen LogP contribution is 2.12. The zero-order chi connectivity index (χ0) is 8.97. The first-order valence-electron chi connectivity index (χ1n) is 4.15. The van der Waals surface area contributed by atoms with E-state index in [2.05, 4.69) is 5.32 Å². The van der Waals surface area contributed by atoms with Crippen molar-refractivity contribution < 1.29 is 14.7 Å². The summed E-state index contributed by atoms with van der Waals surface area (Å²) in [5, 5.41) is 11.4. The number of hydrogen-bond donors (Lipinski definition) is 2. The number of piperidine rings is 1. The Kier molecular flexibility index (Phi) is 3.22. The highest BCUT2D eigenvalue weighted by atomic mass is 16.4. The summed E-state index contributed by atoms with van der Waals surface area (Å²) in [6.07, 6.45) is 1.47. The lowest BCUT2D eigenvalue weighted by Crippen LogP contribution is -2.35. The Balaban J connectivity index is 2.34. The molecule has 0 saturated carbocycles. The van der Waals surface area contributed by atoms with Crippen molar-refractivity contribution in [2.75, 3.05) is 13.1 Å². The molecule has 2 N–H and O–H groups in total. The fourth-order valence-electron chi connectivity index (χ4n) is 1.42. The maximum atomic E-state index is 11.2. The number of nitrogens with one attached hydrogen (secondary N) is 1. The molecule has 1 aliphatic heterocycles. The molecule has 12 heavy (non-hydrogen) atoms. The number of Topliss-reactive ketones (excluding diaryl/α,β-unsaturated/α-hetero) is 1. The zero-order valence-corrected chi connectivity index (χ0v) is 6.88. The van der Waals surface area contributed by atoms with Crippen LogP contribution in [0.3, 0.4) is 0 Å². The molecular formula is C8H13NO3. The molecule has 1 unspecified atom stereocenters. The van der Waals surface area contributed by atoms with Crippen molar-refractivity contribution in [3.8, 4) is 0 Å². The van der Waals surface area contributed by atoms with Gasteiger partial charge < -0.3 is 10.4 Å². The predicted molar refractivity (Wildman–Crippen MR) is 42.9 cm³/mol. The number of aliphatic carboxylic acids is 1. The van der Waals surface area contributed by atoms with Crippen LogP contribution in [0.4, 0.5) is 0 Å². The number of hydrogen-bond acceptors (Lipinski definition) is 3. The highest BCUT2D eigenvalue weighted by Gasteiger charge is 2.22. The van der Waals surface area contributed by atoms with Gasteiger partial charge in [0.05, 0.1) is 0 Å². The van der Waals surface area contributed by atoms with Crippen LogP contribution in [0.15, 0.2) is 0 Å². The smallest absolute Gasteiger partial charge is 0.310 e. The summed E-state index contributed by atoms with van der Waals surface area (Å²) in [5.74, 6) is -1.24. The third-order valence-corrected chi connectivity index (χ3v) is 2.08. The molecule has 4 heteroatoms. The van der Waals surface area contributed by atoms with Crippen LogP contribution in [0.2, 0.25) is 0 Å². The average Bonchev–Trinajstić information content (AvgIpc) is 2.05. The summed E-state index contributed by atoms with van der Waals surface area (Å²) in [6.45, 7) is 1.59. The van der Waals surface area contributed by atoms with E-state index in [4.69, 9.17) is 5.11 Å². The molecule has 1 fully saturated rings. The molecular weight excluding hydrogens is 158 g/mol. The van der Waals surface area contributed by atoms with Crippen LogP contribution in [0.25, 0.3) is 0 Å². The second kappa shape index (κ2) is 4.21. The number of carboxylic acids is 1. The van der Waals surface area contributed by atoms with E-state index in [0.717, 1.165) is 19.4 Å². The molecule has 4 nitrogen and oxygen atoms in total. The van der Waals surface area contributed by atoms with E-state index in [1.807, 2.05) is 0 Å². The molecule has 1 heterocycles. The molecule has 0 aromatic heterocycles. The van der Waals surface area contributed by atoms with E-state index in [-0.39, 0.29) is 18.1 Å². The van der Waals surface area contributed by atoms with E-state index < -0.39 is 5.97 Å². The van der Waals surface area contributed by atoms with Crippen molar-refractivity contribution in [1.82, 2.24) is 5.32 Å². The topological polar surface area (TPSA) is 66.4 Å². The van der Waals surface area contributed by atoms with Crippen molar-refractivity contribution in [2.24, 2.45) is 5.92 Å². The standard InChI is InChI=1S/C8H13NO3/c10-7(4-8(11)12)6-2-1-3-9-5-6/h6,9H,1-5H2,(H,11,12). The van der Waals surface area contributed by atoms with Crippen molar-refractivity contribution in [2.45, 2.75) is 19.3 Å². The van der Waals surface area contributed by atoms with Crippen LogP contribution in [-0.2, 0) is 9.59 Å². The molecule has 0 aliphatic carbocycles. The summed E-state index contributed by atoms with van der Waals surface area (Å²) in [5.41, 5.74) is 0. The molecule has 0 radical (unpaired) electrons. The van der Waals surface area contributed by atoms with Crippen molar-refractivity contribution in [1.29, 1.82) is 0 Å². The number of ketones is 1. The average molecular weight is 171 g/mol. The lowest BCUT2D eigenvalue weighted by molar-refractivity contribution is -0.141. The van der Waals surface area contributed by atoms with Crippen LogP contribution in [0.5, 0.6) is 0 Å². The fourth-order valence-corrected chi connectivity index (χ4v) is 1.42. The van der Waals surface area contributed by atoms with Gasteiger partial charge in [-0.15, -0.1) is 0 Å². The molecule has 0 bridgehead atoms. The summed E-state index contributed by atoms with van der Waals surface area (Å²) in [4.78, 5) is 21.4. The van der Waals surface area contributed by atoms with E-state index in [9.17, 15) is 9.59 Å². The van der Waals surface area contributed by atoms with Crippen LogP contribution < -0.4 is 5.32 Å². The van der Waals surface area contributed by atoms with Crippen molar-refractivity contribution in [3.05, 3.63) is 0 Å². The first kappa shape index (κ1) is 9.19. The van der Waals surface area contributed by atoms with Gasteiger partial charge in [-0.3, -0.25) is 9.59 Å². The molecule has 1 aliphatic rings. The number of carboxylic acid groups (broad SMARTS) is 1. The number of carbonyl (C=O) groups excluding carboxylic acids is 1. The molecule has 1 saturated heterocycles. The maximum absolute atomic E-state index is 11.2. The molecule has 1 rings (SSSR count). The lowest BCUT2D eigenvalue weighted by Gasteiger charge is -2.20. The Hall–Kier alpha value is -0.900. The predicted octanol–water partition coefficient (Wildman–Crippen LogP) is 0.0298. The van der Waals surface area contributed by atoms with Gasteiger partial charge in [-0.05, 0) is 19.4 Å². The largest absolute Gasteiger partial charge is 0.481 e. The van der Waals surface area contributed by atoms with Gasteiger partial charge in [-0.1, -0.05) is 0 Å². The minimum atomic E-state index is -1.02. The van der Waals surface area contributed by atoms with Crippen LogP contribution in [0.1, 0.15) is 19.3 Å². The van der Waals surface area contributed by atoms with Crippen LogP contribution in [-0.4, -0.2) is 29.9 Å². The van der Waals surface area contributed by atoms with E-state index >= 15 is 0 Å². The summed E-state index contributed by atoms with van der Waals surface area (Å²) in [7, 11) is 0. The van der Waals surface area contributed by atoms with Gasteiger partial charge in [-0.25, -0.2) is 0 Å². The monoisotopic (exact) mass is 171 g/mol. The molecule has 68 valence electrons. The van der Waals surface area contributed by atoms with Gasteiger partial charge >= 0.3 is 5.97 Å². The second-order valence-corrected chi connectivity index (χ2v) is 3.08. The Morgan fingerprint density at radius 2 is 2.25 bits per heavy atom. The quantitative estimate of drug-likeness (QED) is 0.588. The highest BCUT2D eigenvalue weighted by molar-refractivity contribution is 5.96. The summed E-state index contributed by atoms with van der Waals surface area (Å²) in [6, 6.07) is 0. The zero-order valence-electron chi connectivity index (χ0n) is 6.88. The summed E-state index contributed by atoms with van der Waals surface area (Å²) < 4.78 is 0.